The zero-order valence-corrected chi connectivity index (χ0v) is 14.8. The number of rotatable bonds is 4. The van der Waals surface area contributed by atoms with E-state index in [4.69, 9.17) is 22.1 Å². The number of carbonyl (C=O) groups is 1. The van der Waals surface area contributed by atoms with Crippen molar-refractivity contribution in [3.63, 3.8) is 0 Å². The summed E-state index contributed by atoms with van der Waals surface area (Å²) in [6.45, 7) is 6.88. The first kappa shape index (κ1) is 19.1. The number of halogens is 2. The van der Waals surface area contributed by atoms with E-state index in [1.807, 2.05) is 19.1 Å². The van der Waals surface area contributed by atoms with Crippen LogP contribution in [0.25, 0.3) is 0 Å². The number of nitrogens with one attached hydrogen (secondary N) is 1. The molecular weight excluding hydrogens is 323 g/mol. The van der Waals surface area contributed by atoms with Gasteiger partial charge in [0.2, 0.25) is 5.91 Å². The van der Waals surface area contributed by atoms with Crippen LogP contribution in [0.5, 0.6) is 5.75 Å². The van der Waals surface area contributed by atoms with Gasteiger partial charge in [-0.05, 0) is 43.0 Å². The van der Waals surface area contributed by atoms with E-state index in [9.17, 15) is 4.79 Å². The molecule has 1 aromatic rings. The van der Waals surface area contributed by atoms with E-state index >= 15 is 0 Å². The van der Waals surface area contributed by atoms with E-state index in [-0.39, 0.29) is 30.2 Å². The van der Waals surface area contributed by atoms with Gasteiger partial charge in [0.25, 0.3) is 0 Å². The van der Waals surface area contributed by atoms with Crippen molar-refractivity contribution in [2.24, 2.45) is 17.6 Å². The van der Waals surface area contributed by atoms with Crippen molar-refractivity contribution in [3.8, 4) is 5.75 Å². The Kier molecular flexibility index (Phi) is 6.53. The van der Waals surface area contributed by atoms with E-state index in [2.05, 4.69) is 19.2 Å². The Hall–Kier alpha value is -0.970. The maximum atomic E-state index is 12.5. The molecule has 1 aliphatic rings. The van der Waals surface area contributed by atoms with Crippen LogP contribution in [0.3, 0.4) is 0 Å². The molecule has 2 atom stereocenters. The minimum atomic E-state index is -0.397. The van der Waals surface area contributed by atoms with E-state index in [0.717, 1.165) is 11.3 Å². The van der Waals surface area contributed by atoms with Crippen LogP contribution in [0.2, 0.25) is 5.02 Å². The van der Waals surface area contributed by atoms with Gasteiger partial charge in [0, 0.05) is 11.6 Å². The Balaban J connectivity index is 0.00000242. The molecule has 1 amide bonds. The SMILES string of the molecule is CC(C)C(C)(CN)NC(=O)C1COc2ccc(Cl)cc2C1.Cl. The van der Waals surface area contributed by atoms with Crippen molar-refractivity contribution in [3.05, 3.63) is 28.8 Å². The average Bonchev–Trinajstić information content (AvgIpc) is 2.45. The van der Waals surface area contributed by atoms with Crippen LogP contribution in [0, 0.1) is 11.8 Å². The smallest absolute Gasteiger partial charge is 0.227 e. The number of hydrogen-bond donors (Lipinski definition) is 2. The Morgan fingerprint density at radius 1 is 1.55 bits per heavy atom. The topological polar surface area (TPSA) is 64.3 Å². The van der Waals surface area contributed by atoms with E-state index in [1.165, 1.54) is 0 Å². The lowest BCUT2D eigenvalue weighted by atomic mass is 9.87. The van der Waals surface area contributed by atoms with Gasteiger partial charge in [0.05, 0.1) is 11.5 Å². The summed E-state index contributed by atoms with van der Waals surface area (Å²) in [5.74, 6) is 0.856. The summed E-state index contributed by atoms with van der Waals surface area (Å²) in [5, 5.41) is 3.74. The maximum Gasteiger partial charge on any atom is 0.227 e. The molecule has 124 valence electrons. The molecule has 1 aromatic carbocycles. The number of fused-ring (bicyclic) bond motifs is 1. The van der Waals surface area contributed by atoms with Crippen LogP contribution in [0.15, 0.2) is 18.2 Å². The lowest BCUT2D eigenvalue weighted by Crippen LogP contribution is -2.57. The molecule has 2 unspecified atom stereocenters. The van der Waals surface area contributed by atoms with Gasteiger partial charge in [0.1, 0.15) is 12.4 Å². The Morgan fingerprint density at radius 3 is 2.82 bits per heavy atom. The normalized spacial score (nSPS) is 19.5. The molecule has 4 nitrogen and oxygen atoms in total. The largest absolute Gasteiger partial charge is 0.492 e. The highest BCUT2D eigenvalue weighted by atomic mass is 35.5. The monoisotopic (exact) mass is 346 g/mol. The molecule has 2 rings (SSSR count). The molecule has 6 heteroatoms. The lowest BCUT2D eigenvalue weighted by Gasteiger charge is -2.35. The summed E-state index contributed by atoms with van der Waals surface area (Å²) in [6.07, 6.45) is 0.639. The fraction of sp³-hybridized carbons (Fsp3) is 0.562. The molecule has 0 saturated heterocycles. The van der Waals surface area contributed by atoms with Crippen LogP contribution in [-0.4, -0.2) is 24.6 Å². The summed E-state index contributed by atoms with van der Waals surface area (Å²) in [5.41, 5.74) is 6.40. The van der Waals surface area contributed by atoms with Crippen LogP contribution >= 0.6 is 24.0 Å². The minimum Gasteiger partial charge on any atom is -0.492 e. The number of benzene rings is 1. The highest BCUT2D eigenvalue weighted by Gasteiger charge is 2.33. The van der Waals surface area contributed by atoms with Crippen LogP contribution < -0.4 is 15.8 Å². The first-order chi connectivity index (χ1) is 9.85. The second-order valence-corrected chi connectivity index (χ2v) is 6.67. The van der Waals surface area contributed by atoms with Gasteiger partial charge < -0.3 is 15.8 Å². The van der Waals surface area contributed by atoms with Gasteiger partial charge in [-0.3, -0.25) is 4.79 Å². The Labute approximate surface area is 143 Å². The van der Waals surface area contributed by atoms with Crippen molar-refractivity contribution >= 4 is 29.9 Å². The molecule has 0 fully saturated rings. The van der Waals surface area contributed by atoms with E-state index in [1.54, 1.807) is 6.07 Å². The predicted octanol–water partition coefficient (Wildman–Crippen LogP) is 2.80. The van der Waals surface area contributed by atoms with E-state index in [0.29, 0.717) is 24.6 Å². The summed E-state index contributed by atoms with van der Waals surface area (Å²) >= 11 is 6.00. The first-order valence-electron chi connectivity index (χ1n) is 7.29. The summed E-state index contributed by atoms with van der Waals surface area (Å²) in [4.78, 5) is 12.5. The third-order valence-corrected chi connectivity index (χ3v) is 4.64. The third-order valence-electron chi connectivity index (χ3n) is 4.41. The van der Waals surface area contributed by atoms with Crippen molar-refractivity contribution in [1.82, 2.24) is 5.32 Å². The number of carbonyl (C=O) groups excluding carboxylic acids is 1. The van der Waals surface area contributed by atoms with Gasteiger partial charge in [-0.25, -0.2) is 0 Å². The van der Waals surface area contributed by atoms with Gasteiger partial charge in [0.15, 0.2) is 0 Å². The molecule has 0 bridgehead atoms. The Bertz CT molecular complexity index is 537. The molecule has 1 aliphatic heterocycles. The van der Waals surface area contributed by atoms with Crippen LogP contribution in [0.1, 0.15) is 26.3 Å². The first-order valence-corrected chi connectivity index (χ1v) is 7.67. The fourth-order valence-electron chi connectivity index (χ4n) is 2.35. The van der Waals surface area contributed by atoms with Gasteiger partial charge >= 0.3 is 0 Å². The summed E-state index contributed by atoms with van der Waals surface area (Å²) < 4.78 is 5.67. The predicted molar refractivity (Wildman–Crippen MR) is 91.8 cm³/mol. The summed E-state index contributed by atoms with van der Waals surface area (Å²) in [7, 11) is 0. The second-order valence-electron chi connectivity index (χ2n) is 6.23. The molecule has 0 radical (unpaired) electrons. The highest BCUT2D eigenvalue weighted by molar-refractivity contribution is 6.30. The van der Waals surface area contributed by atoms with Crippen molar-refractivity contribution in [1.29, 1.82) is 0 Å². The summed E-state index contributed by atoms with van der Waals surface area (Å²) in [6, 6.07) is 5.51. The van der Waals surface area contributed by atoms with Crippen LogP contribution in [0.4, 0.5) is 0 Å². The molecular formula is C16H24Cl2N2O2. The third kappa shape index (κ3) is 4.06. The van der Waals surface area contributed by atoms with Crippen LogP contribution in [-0.2, 0) is 11.2 Å². The van der Waals surface area contributed by atoms with Gasteiger partial charge in [-0.15, -0.1) is 12.4 Å². The maximum absolute atomic E-state index is 12.5. The molecule has 0 aliphatic carbocycles. The number of hydrogen-bond acceptors (Lipinski definition) is 3. The molecule has 3 N–H and O–H groups in total. The number of nitrogens with two attached hydrogens (primary N) is 1. The fourth-order valence-corrected chi connectivity index (χ4v) is 2.54. The molecule has 0 spiro atoms. The van der Waals surface area contributed by atoms with Gasteiger partial charge in [-0.2, -0.15) is 0 Å². The van der Waals surface area contributed by atoms with E-state index < -0.39 is 5.54 Å². The molecule has 0 saturated carbocycles. The number of ether oxygens (including phenoxy) is 1. The molecule has 22 heavy (non-hydrogen) atoms. The van der Waals surface area contributed by atoms with Crippen molar-refractivity contribution in [2.75, 3.05) is 13.2 Å². The molecule has 0 aromatic heterocycles. The Morgan fingerprint density at radius 2 is 2.23 bits per heavy atom. The van der Waals surface area contributed by atoms with Gasteiger partial charge in [-0.1, -0.05) is 25.4 Å². The highest BCUT2D eigenvalue weighted by Crippen LogP contribution is 2.30. The minimum absolute atomic E-state index is 0. The zero-order chi connectivity index (χ0) is 15.6. The zero-order valence-electron chi connectivity index (χ0n) is 13.2. The second kappa shape index (κ2) is 7.53. The standard InChI is InChI=1S/C16H23ClN2O2.ClH/c1-10(2)16(3,9-18)19-15(20)12-6-11-7-13(17)4-5-14(11)21-8-12;/h4-5,7,10,12H,6,8-9,18H2,1-3H3,(H,19,20);1H. The lowest BCUT2D eigenvalue weighted by molar-refractivity contribution is -0.128. The van der Waals surface area contributed by atoms with Crippen molar-refractivity contribution in [2.45, 2.75) is 32.7 Å². The van der Waals surface area contributed by atoms with Crippen molar-refractivity contribution < 1.29 is 9.53 Å². The number of amides is 1. The molecule has 1 heterocycles. The quantitative estimate of drug-likeness (QED) is 0.880. The average molecular weight is 347 g/mol.